The number of pyridine rings is 1. The van der Waals surface area contributed by atoms with Gasteiger partial charge in [-0.15, -0.1) is 34.4 Å². The minimum atomic E-state index is -0.399. The molecule has 0 saturated carbocycles. The van der Waals surface area contributed by atoms with Crippen molar-refractivity contribution < 1.29 is 14.3 Å². The van der Waals surface area contributed by atoms with Crippen molar-refractivity contribution in [3.63, 3.8) is 0 Å². The first kappa shape index (κ1) is 26.7. The second-order valence-corrected chi connectivity index (χ2v) is 11.4. The third-order valence-electron chi connectivity index (χ3n) is 5.90. The smallest absolute Gasteiger partial charge is 0.341 e. The second kappa shape index (κ2) is 12.2. The van der Waals surface area contributed by atoms with Gasteiger partial charge in [-0.25, -0.2) is 9.78 Å². The number of ether oxygens (including phenoxy) is 1. The maximum absolute atomic E-state index is 12.9. The molecule has 3 heterocycles. The van der Waals surface area contributed by atoms with E-state index in [1.165, 1.54) is 34.4 Å². The normalized spacial score (nSPS) is 12.6. The van der Waals surface area contributed by atoms with Gasteiger partial charge in [0.15, 0.2) is 0 Å². The average Bonchev–Trinajstić information content (AvgIpc) is 3.46. The first-order valence-corrected chi connectivity index (χ1v) is 14.6. The molecule has 11 heteroatoms. The molecule has 0 saturated heterocycles. The number of hydrogen-bond acceptors (Lipinski definition) is 10. The van der Waals surface area contributed by atoms with Crippen LogP contribution in [0.4, 0.5) is 10.8 Å². The molecule has 0 fully saturated rings. The highest BCUT2D eigenvalue weighted by atomic mass is 32.2. The number of carbonyl (C=O) groups excluding carboxylic acids is 2. The van der Waals surface area contributed by atoms with E-state index in [0.717, 1.165) is 47.4 Å². The van der Waals surface area contributed by atoms with E-state index in [0.29, 0.717) is 26.9 Å². The van der Waals surface area contributed by atoms with Gasteiger partial charge in [-0.2, -0.15) is 10.5 Å². The molecule has 3 aromatic rings. The molecule has 8 nitrogen and oxygen atoms in total. The minimum absolute atomic E-state index is 0.0519. The van der Waals surface area contributed by atoms with Crippen molar-refractivity contribution in [2.75, 3.05) is 23.4 Å². The molecule has 0 spiro atoms. The van der Waals surface area contributed by atoms with E-state index in [-0.39, 0.29) is 35.9 Å². The Labute approximate surface area is 227 Å². The van der Waals surface area contributed by atoms with Crippen molar-refractivity contribution in [3.05, 3.63) is 44.6 Å². The largest absolute Gasteiger partial charge is 0.462 e. The lowest BCUT2D eigenvalue weighted by Gasteiger charge is -2.12. The molecule has 190 valence electrons. The number of anilines is 2. The average molecular weight is 552 g/mol. The summed E-state index contributed by atoms with van der Waals surface area (Å²) in [6.45, 7) is 2.03. The van der Waals surface area contributed by atoms with Gasteiger partial charge < -0.3 is 15.8 Å². The third kappa shape index (κ3) is 5.80. The van der Waals surface area contributed by atoms with Crippen LogP contribution in [-0.4, -0.2) is 29.2 Å². The van der Waals surface area contributed by atoms with Gasteiger partial charge in [-0.3, -0.25) is 4.79 Å². The van der Waals surface area contributed by atoms with Gasteiger partial charge in [-0.05, 0) is 49.6 Å². The number of nitrogens with two attached hydrogens (primary N) is 1. The van der Waals surface area contributed by atoms with Crippen LogP contribution in [0.2, 0.25) is 0 Å². The Morgan fingerprint density at radius 3 is 2.70 bits per heavy atom. The molecule has 1 aliphatic carbocycles. The van der Waals surface area contributed by atoms with Crippen LogP contribution in [0.1, 0.15) is 64.5 Å². The number of nitriles is 2. The number of rotatable bonds is 8. The molecule has 0 aliphatic heterocycles. The number of fused-ring (bicyclic) bond motifs is 1. The fourth-order valence-corrected chi connectivity index (χ4v) is 7.26. The summed E-state index contributed by atoms with van der Waals surface area (Å²) in [5, 5.41) is 25.2. The van der Waals surface area contributed by atoms with Crippen LogP contribution < -0.4 is 11.1 Å². The van der Waals surface area contributed by atoms with Crippen LogP contribution in [0.3, 0.4) is 0 Å². The van der Waals surface area contributed by atoms with Gasteiger partial charge in [0.1, 0.15) is 33.5 Å². The summed E-state index contributed by atoms with van der Waals surface area (Å²) in [7, 11) is 0. The molecule has 0 radical (unpaired) electrons. The van der Waals surface area contributed by atoms with Crippen LogP contribution in [0.5, 0.6) is 0 Å². The number of nitrogens with one attached hydrogen (secondary N) is 1. The summed E-state index contributed by atoms with van der Waals surface area (Å²) in [5.41, 5.74) is 8.45. The Balaban J connectivity index is 1.51. The molecule has 3 N–H and O–H groups in total. The fraction of sp³-hybridized carbons (Fsp3) is 0.346. The summed E-state index contributed by atoms with van der Waals surface area (Å²) < 4.78 is 5.29. The predicted octanol–water partition coefficient (Wildman–Crippen LogP) is 5.76. The van der Waals surface area contributed by atoms with Crippen molar-refractivity contribution in [1.82, 2.24) is 4.98 Å². The van der Waals surface area contributed by atoms with E-state index in [2.05, 4.69) is 22.4 Å². The van der Waals surface area contributed by atoms with E-state index < -0.39 is 5.97 Å². The lowest BCUT2D eigenvalue weighted by molar-refractivity contribution is -0.115. The number of nitrogen functional groups attached to an aromatic ring is 1. The number of aryl methyl sites for hydroxylation is 1. The van der Waals surface area contributed by atoms with Crippen molar-refractivity contribution in [2.24, 2.45) is 0 Å². The molecular formula is C26H25N5O3S3. The molecule has 3 aromatic heterocycles. The minimum Gasteiger partial charge on any atom is -0.462 e. The lowest BCUT2D eigenvalue weighted by atomic mass is 10.0. The van der Waals surface area contributed by atoms with E-state index in [9.17, 15) is 20.1 Å². The molecule has 0 atom stereocenters. The standard InChI is InChI=1S/C26H25N5O3S3/c1-2-34-26(33)22-15-7-4-3-5-8-18(15)37-25(22)30-20(32)10-12-36-24-17(14-28)21(19-9-6-11-35-19)16(13-27)23(29)31-24/h6,9,11H,2-5,7-8,10,12H2,1H3,(H2,29,31)(H,30,32). The predicted molar refractivity (Wildman–Crippen MR) is 147 cm³/mol. The third-order valence-corrected chi connectivity index (χ3v) is 8.98. The van der Waals surface area contributed by atoms with E-state index in [1.54, 1.807) is 6.92 Å². The van der Waals surface area contributed by atoms with Crippen molar-refractivity contribution in [1.29, 1.82) is 10.5 Å². The van der Waals surface area contributed by atoms with E-state index in [1.807, 2.05) is 17.5 Å². The maximum Gasteiger partial charge on any atom is 0.341 e. The highest BCUT2D eigenvalue weighted by Gasteiger charge is 2.27. The molecule has 1 amide bonds. The van der Waals surface area contributed by atoms with Crippen molar-refractivity contribution in [2.45, 2.75) is 50.5 Å². The number of hydrogen-bond donors (Lipinski definition) is 2. The van der Waals surface area contributed by atoms with Crippen LogP contribution in [0.25, 0.3) is 10.4 Å². The number of aromatic nitrogens is 1. The Kier molecular flexibility index (Phi) is 8.82. The molecule has 1 aliphatic rings. The number of thiophene rings is 2. The van der Waals surface area contributed by atoms with Crippen LogP contribution in [0, 0.1) is 22.7 Å². The first-order chi connectivity index (χ1) is 18.0. The van der Waals surface area contributed by atoms with Crippen molar-refractivity contribution in [3.8, 4) is 22.6 Å². The maximum atomic E-state index is 12.9. The molecule has 37 heavy (non-hydrogen) atoms. The van der Waals surface area contributed by atoms with Gasteiger partial charge in [0.25, 0.3) is 0 Å². The Bertz CT molecular complexity index is 1400. The van der Waals surface area contributed by atoms with Crippen molar-refractivity contribution >= 4 is 57.1 Å². The van der Waals surface area contributed by atoms with Gasteiger partial charge in [0, 0.05) is 27.5 Å². The Morgan fingerprint density at radius 2 is 2.00 bits per heavy atom. The number of nitrogens with zero attached hydrogens (tertiary/aromatic N) is 3. The monoisotopic (exact) mass is 551 g/mol. The molecule has 4 rings (SSSR count). The van der Waals surface area contributed by atoms with Gasteiger partial charge in [-0.1, -0.05) is 12.5 Å². The topological polar surface area (TPSA) is 142 Å². The van der Waals surface area contributed by atoms with Gasteiger partial charge in [0.2, 0.25) is 5.91 Å². The SMILES string of the molecule is CCOC(=O)c1c(NC(=O)CCSc2nc(N)c(C#N)c(-c3cccs3)c2C#N)sc2c1CCCCC2. The van der Waals surface area contributed by atoms with E-state index >= 15 is 0 Å². The summed E-state index contributed by atoms with van der Waals surface area (Å²) in [6.07, 6.45) is 5.03. The Hall–Kier alpha value is -3.38. The zero-order chi connectivity index (χ0) is 26.4. The summed E-state index contributed by atoms with van der Waals surface area (Å²) >= 11 is 4.10. The van der Waals surface area contributed by atoms with E-state index in [4.69, 9.17) is 10.5 Å². The zero-order valence-corrected chi connectivity index (χ0v) is 22.7. The van der Waals surface area contributed by atoms with Crippen LogP contribution in [-0.2, 0) is 22.4 Å². The summed E-state index contributed by atoms with van der Waals surface area (Å²) in [6, 6.07) is 7.89. The Morgan fingerprint density at radius 1 is 1.22 bits per heavy atom. The van der Waals surface area contributed by atoms with Gasteiger partial charge in [0.05, 0.1) is 17.7 Å². The molecule has 0 unspecified atom stereocenters. The first-order valence-electron chi connectivity index (χ1n) is 11.9. The van der Waals surface area contributed by atoms with Gasteiger partial charge >= 0.3 is 5.97 Å². The molecular weight excluding hydrogens is 527 g/mol. The zero-order valence-electron chi connectivity index (χ0n) is 20.3. The summed E-state index contributed by atoms with van der Waals surface area (Å²) in [4.78, 5) is 31.8. The number of thioether (sulfide) groups is 1. The molecule has 0 bridgehead atoms. The summed E-state index contributed by atoms with van der Waals surface area (Å²) in [5.74, 6) is -0.254. The number of amides is 1. The second-order valence-electron chi connectivity index (χ2n) is 8.26. The highest BCUT2D eigenvalue weighted by Crippen LogP contribution is 2.39. The van der Waals surface area contributed by atoms with Crippen LogP contribution in [0.15, 0.2) is 22.5 Å². The fourth-order valence-electron chi connectivity index (χ4n) is 4.25. The lowest BCUT2D eigenvalue weighted by Crippen LogP contribution is -2.15. The molecule has 0 aromatic carbocycles. The van der Waals surface area contributed by atoms with Crippen LogP contribution >= 0.6 is 34.4 Å². The quantitative estimate of drug-likeness (QED) is 0.204. The number of esters is 1. The number of carbonyl (C=O) groups is 2. The highest BCUT2D eigenvalue weighted by molar-refractivity contribution is 7.99.